The molecule has 324 valence electrons. The number of fused-ring (bicyclic) bond motifs is 1. The quantitative estimate of drug-likeness (QED) is 0.258. The number of aliphatic hydroxyl groups is 1. The predicted octanol–water partition coefficient (Wildman–Crippen LogP) is 7.30. The molecule has 0 amide bonds. The highest BCUT2D eigenvalue weighted by atomic mass is 19.3. The van der Waals surface area contributed by atoms with Crippen molar-refractivity contribution in [3.8, 4) is 0 Å². The van der Waals surface area contributed by atoms with Crippen LogP contribution in [0.15, 0.2) is 0 Å². The molecule has 2 aliphatic heterocycles. The average molecular weight is 805 g/mol. The maximum absolute atomic E-state index is 13.8. The van der Waals surface area contributed by atoms with E-state index in [9.17, 15) is 35.1 Å². The van der Waals surface area contributed by atoms with Crippen molar-refractivity contribution in [1.29, 1.82) is 0 Å². The summed E-state index contributed by atoms with van der Waals surface area (Å²) in [5.41, 5.74) is 11.0. The lowest BCUT2D eigenvalue weighted by molar-refractivity contribution is -0.138. The first-order valence-electron chi connectivity index (χ1n) is 21.2. The van der Waals surface area contributed by atoms with Crippen LogP contribution in [0.1, 0.15) is 118 Å². The third kappa shape index (κ3) is 12.6. The first-order valence-corrected chi connectivity index (χ1v) is 21.2. The molecule has 0 aromatic carbocycles. The van der Waals surface area contributed by atoms with E-state index in [1.54, 1.807) is 6.92 Å². The number of nitrogens with two attached hydrogens (primary N) is 2. The summed E-state index contributed by atoms with van der Waals surface area (Å²) in [7, 11) is 0. The van der Waals surface area contributed by atoms with Crippen molar-refractivity contribution in [2.24, 2.45) is 29.2 Å². The second kappa shape index (κ2) is 19.5. The Morgan fingerprint density at radius 1 is 0.545 bits per heavy atom. The molecule has 2 heterocycles. The monoisotopic (exact) mass is 805 g/mol. The highest BCUT2D eigenvalue weighted by Crippen LogP contribution is 2.57. The van der Waals surface area contributed by atoms with Gasteiger partial charge in [0, 0.05) is 120 Å². The summed E-state index contributed by atoms with van der Waals surface area (Å²) >= 11 is 0. The summed E-state index contributed by atoms with van der Waals surface area (Å²) in [5, 5.41) is 8.83. The Morgan fingerprint density at radius 3 is 1.42 bits per heavy atom. The highest BCUT2D eigenvalue weighted by Gasteiger charge is 2.56. The van der Waals surface area contributed by atoms with Gasteiger partial charge in [-0.05, 0) is 91.4 Å². The fourth-order valence-corrected chi connectivity index (χ4v) is 9.62. The van der Waals surface area contributed by atoms with Crippen molar-refractivity contribution < 1.29 is 40.2 Å². The van der Waals surface area contributed by atoms with Gasteiger partial charge in [0.15, 0.2) is 0 Å². The van der Waals surface area contributed by atoms with Gasteiger partial charge in [-0.2, -0.15) is 0 Å². The van der Waals surface area contributed by atoms with E-state index in [1.807, 2.05) is 0 Å². The van der Waals surface area contributed by atoms with E-state index in [2.05, 4.69) is 47.3 Å². The van der Waals surface area contributed by atoms with Crippen LogP contribution in [-0.4, -0.2) is 143 Å². The van der Waals surface area contributed by atoms with Gasteiger partial charge in [-0.25, -0.2) is 35.1 Å². The minimum Gasteiger partial charge on any atom is -0.385 e. The van der Waals surface area contributed by atoms with Gasteiger partial charge < -0.3 is 16.6 Å². The smallest absolute Gasteiger partial charge is 0.274 e. The number of piperazine rings is 2. The minimum absolute atomic E-state index is 0.0450. The van der Waals surface area contributed by atoms with Gasteiger partial charge in [0.05, 0.1) is 6.04 Å². The zero-order valence-corrected chi connectivity index (χ0v) is 34.0. The van der Waals surface area contributed by atoms with Crippen LogP contribution in [0.2, 0.25) is 0 Å². The van der Waals surface area contributed by atoms with Crippen molar-refractivity contribution in [2.45, 2.75) is 184 Å². The third-order valence-corrected chi connectivity index (χ3v) is 13.7. The fourth-order valence-electron chi connectivity index (χ4n) is 9.62. The normalized spacial score (nSPS) is 37.6. The van der Waals surface area contributed by atoms with Gasteiger partial charge in [0.2, 0.25) is 0 Å². The summed E-state index contributed by atoms with van der Waals surface area (Å²) in [5.74, 6) is -10.7. The van der Waals surface area contributed by atoms with E-state index in [4.69, 9.17) is 16.6 Å². The van der Waals surface area contributed by atoms with Crippen molar-refractivity contribution in [3.05, 3.63) is 0 Å². The lowest BCUT2D eigenvalue weighted by atomic mass is 9.81. The Hall–Kier alpha value is -0.840. The molecule has 15 heteroatoms. The molecule has 0 radical (unpaired) electrons. The van der Waals surface area contributed by atoms with Gasteiger partial charge >= 0.3 is 0 Å². The van der Waals surface area contributed by atoms with E-state index in [-0.39, 0.29) is 43.7 Å². The molecular weight excluding hydrogens is 732 g/mol. The van der Waals surface area contributed by atoms with Crippen LogP contribution in [0.5, 0.6) is 0 Å². The van der Waals surface area contributed by atoms with E-state index >= 15 is 0 Å². The van der Waals surface area contributed by atoms with E-state index in [1.165, 1.54) is 0 Å². The van der Waals surface area contributed by atoms with Crippen LogP contribution in [0.3, 0.4) is 0 Å². The second-order valence-corrected chi connectivity index (χ2v) is 18.1. The number of rotatable bonds is 4. The third-order valence-electron chi connectivity index (χ3n) is 13.7. The topological polar surface area (TPSA) is 85.2 Å². The first-order chi connectivity index (χ1) is 25.6. The molecule has 0 aromatic heterocycles. The number of alkyl halides is 8. The Labute approximate surface area is 325 Å². The van der Waals surface area contributed by atoms with Crippen LogP contribution < -0.4 is 11.5 Å². The Balaban J connectivity index is 0.000000170. The van der Waals surface area contributed by atoms with Gasteiger partial charge in [0.1, 0.15) is 6.10 Å². The van der Waals surface area contributed by atoms with E-state index < -0.39 is 47.8 Å². The minimum atomic E-state index is -2.96. The molecule has 8 atom stereocenters. The lowest BCUT2D eigenvalue weighted by Crippen LogP contribution is -2.62. The predicted molar refractivity (Wildman–Crippen MR) is 202 cm³/mol. The van der Waals surface area contributed by atoms with Crippen molar-refractivity contribution in [2.75, 3.05) is 52.4 Å². The van der Waals surface area contributed by atoms with E-state index in [0.29, 0.717) is 43.7 Å². The number of halogens is 8. The summed E-state index contributed by atoms with van der Waals surface area (Å²) < 4.78 is 105. The average Bonchev–Trinajstić information content (AvgIpc) is 3.92. The van der Waals surface area contributed by atoms with Crippen LogP contribution >= 0.6 is 0 Å². The molecule has 5 aliphatic carbocycles. The van der Waals surface area contributed by atoms with Gasteiger partial charge in [0.25, 0.3) is 23.7 Å². The fraction of sp³-hybridized carbons (Fsp3) is 1.00. The van der Waals surface area contributed by atoms with Gasteiger partial charge in [-0.15, -0.1) is 0 Å². The molecule has 7 aliphatic rings. The summed E-state index contributed by atoms with van der Waals surface area (Å²) in [6, 6.07) is -0.683. The maximum Gasteiger partial charge on any atom is 0.274 e. The molecule has 5 saturated carbocycles. The standard InChI is InChI=1S/C14H26F2N2.C13H25F2N3.C7H10F2.C6H11F2NO/c1-11(2)17-7-9-18(10-8-17)13-5-4-6-14(15,16)12(13)3;1-10(2)17-6-8-18(9-7-17)11-4-3-5-13(14,15)12(11)16;8-7(9)3-1-2-5-4-6(5)7;7-6(8)3-1-2-4(9)5(6)10/h11-13H,4-10H2,1-3H3;10-12H,3-9,16H2,1-2H3;5-6H,1-4H2;4-5,10H,1-3,9H2/t12-,13+;11-,12+;5-,6+;4-,5+/m1001/s1. The van der Waals surface area contributed by atoms with Crippen LogP contribution in [0.4, 0.5) is 35.1 Å². The number of hydrogen-bond acceptors (Lipinski definition) is 7. The molecule has 0 aromatic rings. The zero-order chi connectivity index (χ0) is 40.9. The lowest BCUT2D eigenvalue weighted by Gasteiger charge is -2.46. The molecule has 7 nitrogen and oxygen atoms in total. The molecule has 0 unspecified atom stereocenters. The maximum atomic E-state index is 13.8. The Morgan fingerprint density at radius 2 is 0.964 bits per heavy atom. The molecule has 2 saturated heterocycles. The molecule has 55 heavy (non-hydrogen) atoms. The summed E-state index contributed by atoms with van der Waals surface area (Å²) in [4.78, 5) is 9.30. The second-order valence-electron chi connectivity index (χ2n) is 18.1. The summed E-state index contributed by atoms with van der Waals surface area (Å²) in [6.07, 6.45) is 4.84. The number of nitrogens with zero attached hydrogens (tertiary/aromatic N) is 4. The molecule has 7 fully saturated rings. The van der Waals surface area contributed by atoms with Crippen LogP contribution in [0.25, 0.3) is 0 Å². The molecule has 5 N–H and O–H groups in total. The SMILES string of the molecule is CC(C)N1CCN([C@H]2CCCC(F)(F)[C@@H]2C)CC1.CC(C)N1CCN([C@H]2CCCC(F)(F)[C@@H]2N)CC1.FC1(F)CCC[C@H]2C[C@H]21.N[C@@H]1CCCC(F)(F)[C@H]1O. The highest BCUT2D eigenvalue weighted by molar-refractivity contribution is 5.00. The van der Waals surface area contributed by atoms with Crippen molar-refractivity contribution >= 4 is 0 Å². The Bertz CT molecular complexity index is 1090. The van der Waals surface area contributed by atoms with E-state index in [0.717, 1.165) is 84.5 Å². The van der Waals surface area contributed by atoms with Crippen LogP contribution in [0, 0.1) is 17.8 Å². The zero-order valence-electron chi connectivity index (χ0n) is 34.0. The van der Waals surface area contributed by atoms with Crippen molar-refractivity contribution in [3.63, 3.8) is 0 Å². The Kier molecular flexibility index (Phi) is 16.6. The molecule has 7 rings (SSSR count). The number of hydrogen-bond donors (Lipinski definition) is 3. The molecular formula is C40H72F8N6O. The molecule has 0 spiro atoms. The van der Waals surface area contributed by atoms with Gasteiger partial charge in [-0.1, -0.05) is 6.92 Å². The van der Waals surface area contributed by atoms with Crippen LogP contribution in [-0.2, 0) is 0 Å². The van der Waals surface area contributed by atoms with Gasteiger partial charge in [-0.3, -0.25) is 19.6 Å². The summed E-state index contributed by atoms with van der Waals surface area (Å²) in [6.45, 7) is 18.1. The first kappa shape index (κ1) is 46.8. The molecule has 0 bridgehead atoms. The largest absolute Gasteiger partial charge is 0.385 e. The number of aliphatic hydroxyl groups excluding tert-OH is 1. The van der Waals surface area contributed by atoms with Crippen molar-refractivity contribution in [1.82, 2.24) is 19.6 Å².